The van der Waals surface area contributed by atoms with E-state index in [1.807, 2.05) is 24.3 Å². The Bertz CT molecular complexity index is 434. The van der Waals surface area contributed by atoms with Crippen LogP contribution in [0.4, 0.5) is 0 Å². The number of hydrogen-bond acceptors (Lipinski definition) is 3. The van der Waals surface area contributed by atoms with Crippen molar-refractivity contribution in [1.29, 1.82) is 0 Å². The number of primary sulfonamides is 1. The summed E-state index contributed by atoms with van der Waals surface area (Å²) in [6.45, 7) is 0. The Morgan fingerprint density at radius 2 is 1.93 bits per heavy atom. The molecule has 1 rings (SSSR count). The highest BCUT2D eigenvalue weighted by atomic mass is 32.2. The van der Waals surface area contributed by atoms with Gasteiger partial charge in [-0.25, -0.2) is 13.6 Å². The molecule has 0 spiro atoms. The molecular weight excluding hydrogens is 214 g/mol. The predicted molar refractivity (Wildman–Crippen MR) is 58.9 cm³/mol. The zero-order valence-corrected chi connectivity index (χ0v) is 9.20. The lowest BCUT2D eigenvalue weighted by atomic mass is 10.1. The summed E-state index contributed by atoms with van der Waals surface area (Å²) >= 11 is 0. The zero-order valence-electron chi connectivity index (χ0n) is 8.38. The van der Waals surface area contributed by atoms with E-state index in [1.165, 1.54) is 6.08 Å². The molecule has 4 nitrogen and oxygen atoms in total. The van der Waals surface area contributed by atoms with Crippen molar-refractivity contribution in [3.05, 3.63) is 41.3 Å². The summed E-state index contributed by atoms with van der Waals surface area (Å²) in [6, 6.07) is 7.37. The first-order chi connectivity index (χ1) is 7.01. The molecule has 5 heteroatoms. The second-order valence-electron chi connectivity index (χ2n) is 3.01. The molecule has 0 aliphatic heterocycles. The van der Waals surface area contributed by atoms with Gasteiger partial charge >= 0.3 is 0 Å². The van der Waals surface area contributed by atoms with Crippen molar-refractivity contribution in [2.75, 3.05) is 7.11 Å². The van der Waals surface area contributed by atoms with Gasteiger partial charge in [0.1, 0.15) is 5.75 Å². The van der Waals surface area contributed by atoms with E-state index in [1.54, 1.807) is 7.11 Å². The molecule has 1 aromatic carbocycles. The van der Waals surface area contributed by atoms with Crippen molar-refractivity contribution in [1.82, 2.24) is 0 Å². The third-order valence-electron chi connectivity index (χ3n) is 1.80. The van der Waals surface area contributed by atoms with Crippen LogP contribution in [0.25, 0.3) is 0 Å². The molecule has 0 fully saturated rings. The molecule has 0 atom stereocenters. The maximum absolute atomic E-state index is 10.6. The van der Waals surface area contributed by atoms with Crippen LogP contribution in [0, 0.1) is 0 Å². The number of methoxy groups -OCH3 is 1. The minimum Gasteiger partial charge on any atom is -0.497 e. The topological polar surface area (TPSA) is 69.4 Å². The molecule has 0 saturated carbocycles. The first-order valence-corrected chi connectivity index (χ1v) is 5.94. The van der Waals surface area contributed by atoms with Gasteiger partial charge in [-0.3, -0.25) is 0 Å². The Morgan fingerprint density at radius 1 is 1.33 bits per heavy atom. The predicted octanol–water partition coefficient (Wildman–Crippen LogP) is 1.04. The van der Waals surface area contributed by atoms with Crippen LogP contribution in [0.2, 0.25) is 0 Å². The van der Waals surface area contributed by atoms with Crippen LogP contribution in [-0.2, 0) is 16.4 Å². The summed E-state index contributed by atoms with van der Waals surface area (Å²) < 4.78 is 26.2. The largest absolute Gasteiger partial charge is 0.497 e. The minimum atomic E-state index is -3.51. The highest BCUT2D eigenvalue weighted by Gasteiger charge is 1.94. The number of benzene rings is 1. The lowest BCUT2D eigenvalue weighted by Gasteiger charge is -2.00. The molecule has 0 amide bonds. The van der Waals surface area contributed by atoms with Gasteiger partial charge in [-0.2, -0.15) is 0 Å². The lowest BCUT2D eigenvalue weighted by molar-refractivity contribution is 0.414. The fourth-order valence-corrected chi connectivity index (χ4v) is 1.44. The van der Waals surface area contributed by atoms with E-state index < -0.39 is 10.0 Å². The Hall–Kier alpha value is -1.33. The number of hydrogen-bond donors (Lipinski definition) is 1. The van der Waals surface area contributed by atoms with Crippen LogP contribution in [-0.4, -0.2) is 15.5 Å². The first kappa shape index (κ1) is 11.7. The van der Waals surface area contributed by atoms with E-state index >= 15 is 0 Å². The summed E-state index contributed by atoms with van der Waals surface area (Å²) in [5, 5.41) is 5.81. The second-order valence-corrected chi connectivity index (χ2v) is 4.46. The fourth-order valence-electron chi connectivity index (χ4n) is 1.08. The standard InChI is InChI=1S/C10H13NO3S/c1-14-10-6-4-9(5-7-10)3-2-8-15(11,12)13/h2,4-8H,3H2,1H3,(H2,11,12,13). The van der Waals surface area contributed by atoms with E-state index in [4.69, 9.17) is 9.88 Å². The molecule has 0 aromatic heterocycles. The Labute approximate surface area is 89.4 Å². The molecule has 0 heterocycles. The second kappa shape index (κ2) is 4.95. The molecule has 0 unspecified atom stereocenters. The van der Waals surface area contributed by atoms with Crippen molar-refractivity contribution in [3.63, 3.8) is 0 Å². The van der Waals surface area contributed by atoms with E-state index in [-0.39, 0.29) is 0 Å². The zero-order chi connectivity index (χ0) is 11.3. The molecule has 82 valence electrons. The lowest BCUT2D eigenvalue weighted by Crippen LogP contribution is -2.06. The SMILES string of the molecule is COc1ccc(CC=CS(N)(=O)=O)cc1. The number of rotatable bonds is 4. The average molecular weight is 227 g/mol. The summed E-state index contributed by atoms with van der Waals surface area (Å²) in [6.07, 6.45) is 2.04. The summed E-state index contributed by atoms with van der Waals surface area (Å²) in [4.78, 5) is 0. The van der Waals surface area contributed by atoms with Crippen LogP contribution in [0.15, 0.2) is 35.7 Å². The number of ether oxygens (including phenoxy) is 1. The van der Waals surface area contributed by atoms with Gasteiger partial charge in [0.05, 0.1) is 7.11 Å². The van der Waals surface area contributed by atoms with E-state index in [0.717, 1.165) is 16.7 Å². The van der Waals surface area contributed by atoms with Gasteiger partial charge in [0.2, 0.25) is 10.0 Å². The van der Waals surface area contributed by atoms with Gasteiger partial charge in [0.25, 0.3) is 0 Å². The summed E-state index contributed by atoms with van der Waals surface area (Å²) in [5.74, 6) is 0.772. The normalized spacial score (nSPS) is 11.9. The molecule has 1 aromatic rings. The molecule has 0 aliphatic carbocycles. The van der Waals surface area contributed by atoms with Gasteiger partial charge < -0.3 is 4.74 Å². The van der Waals surface area contributed by atoms with Crippen LogP contribution >= 0.6 is 0 Å². The van der Waals surface area contributed by atoms with Crippen molar-refractivity contribution >= 4 is 10.0 Å². The third kappa shape index (κ3) is 4.62. The van der Waals surface area contributed by atoms with E-state index in [0.29, 0.717) is 6.42 Å². The van der Waals surface area contributed by atoms with Crippen molar-refractivity contribution in [3.8, 4) is 5.75 Å². The minimum absolute atomic E-state index is 0.528. The monoisotopic (exact) mass is 227 g/mol. The van der Waals surface area contributed by atoms with Gasteiger partial charge in [-0.05, 0) is 24.1 Å². The number of sulfonamides is 1. The number of allylic oxidation sites excluding steroid dienone is 1. The van der Waals surface area contributed by atoms with Gasteiger partial charge in [-0.1, -0.05) is 18.2 Å². The van der Waals surface area contributed by atoms with Crippen LogP contribution in [0.3, 0.4) is 0 Å². The molecule has 0 bridgehead atoms. The highest BCUT2D eigenvalue weighted by Crippen LogP contribution is 2.11. The van der Waals surface area contributed by atoms with Crippen molar-refractivity contribution < 1.29 is 13.2 Å². The molecule has 0 radical (unpaired) electrons. The molecule has 0 saturated heterocycles. The maximum atomic E-state index is 10.6. The van der Waals surface area contributed by atoms with E-state index in [9.17, 15) is 8.42 Å². The van der Waals surface area contributed by atoms with Crippen LogP contribution in [0.5, 0.6) is 5.75 Å². The van der Waals surface area contributed by atoms with Gasteiger partial charge in [-0.15, -0.1) is 0 Å². The van der Waals surface area contributed by atoms with Crippen LogP contribution < -0.4 is 9.88 Å². The Balaban J connectivity index is 2.63. The summed E-state index contributed by atoms with van der Waals surface area (Å²) in [7, 11) is -1.92. The maximum Gasteiger partial charge on any atom is 0.230 e. The molecule has 0 aliphatic rings. The van der Waals surface area contributed by atoms with Crippen LogP contribution in [0.1, 0.15) is 5.56 Å². The summed E-state index contributed by atoms with van der Waals surface area (Å²) in [5.41, 5.74) is 0.996. The van der Waals surface area contributed by atoms with E-state index in [2.05, 4.69) is 0 Å². The molecule has 15 heavy (non-hydrogen) atoms. The molecule has 2 N–H and O–H groups in total. The highest BCUT2D eigenvalue weighted by molar-refractivity contribution is 7.92. The van der Waals surface area contributed by atoms with Gasteiger partial charge in [0.15, 0.2) is 0 Å². The Kier molecular flexibility index (Phi) is 3.88. The quantitative estimate of drug-likeness (QED) is 0.835. The average Bonchev–Trinajstić information content (AvgIpc) is 2.17. The molecular formula is C10H13NO3S. The fraction of sp³-hybridized carbons (Fsp3) is 0.200. The first-order valence-electron chi connectivity index (χ1n) is 4.33. The number of nitrogens with two attached hydrogens (primary N) is 1. The van der Waals surface area contributed by atoms with Crippen molar-refractivity contribution in [2.24, 2.45) is 5.14 Å². The Morgan fingerprint density at radius 3 is 2.40 bits per heavy atom. The van der Waals surface area contributed by atoms with Gasteiger partial charge in [0, 0.05) is 5.41 Å². The van der Waals surface area contributed by atoms with Crippen molar-refractivity contribution in [2.45, 2.75) is 6.42 Å². The third-order valence-corrected chi connectivity index (χ3v) is 2.37. The smallest absolute Gasteiger partial charge is 0.230 e.